The molecule has 0 bridgehead atoms. The van der Waals surface area contributed by atoms with Crippen LogP contribution in [0.3, 0.4) is 0 Å². The van der Waals surface area contributed by atoms with Gasteiger partial charge in [-0.05, 0) is 42.5 Å². The van der Waals surface area contributed by atoms with Crippen molar-refractivity contribution in [2.24, 2.45) is 9.98 Å². The van der Waals surface area contributed by atoms with Crippen molar-refractivity contribution >= 4 is 52.9 Å². The summed E-state index contributed by atoms with van der Waals surface area (Å²) < 4.78 is 14.2. The number of aliphatic hydroxyl groups excluding tert-OH is 1. The van der Waals surface area contributed by atoms with E-state index in [4.69, 9.17) is 10.2 Å². The van der Waals surface area contributed by atoms with Gasteiger partial charge in [0.1, 0.15) is 6.21 Å². The van der Waals surface area contributed by atoms with Crippen molar-refractivity contribution in [3.05, 3.63) is 60.5 Å². The smallest absolute Gasteiger partial charge is 0.346 e. The number of rotatable bonds is 8. The van der Waals surface area contributed by atoms with Crippen molar-refractivity contribution in [3.8, 4) is 0 Å². The summed E-state index contributed by atoms with van der Waals surface area (Å²) in [5.41, 5.74) is 2.23. The molecule has 0 aliphatic rings. The number of aliphatic carboxylic acids is 1. The number of carbonyl (C=O) groups is 1. The maximum Gasteiger partial charge on any atom is 0.346 e. The van der Waals surface area contributed by atoms with Crippen LogP contribution in [0, 0.1) is 5.82 Å². The Bertz CT molecular complexity index is 1090. The molecule has 4 N–H and O–H groups in total. The highest BCUT2D eigenvalue weighted by Crippen LogP contribution is 2.24. The van der Waals surface area contributed by atoms with Gasteiger partial charge in [-0.1, -0.05) is 6.07 Å². The van der Waals surface area contributed by atoms with E-state index in [1.807, 2.05) is 0 Å². The Balaban J connectivity index is 1.74. The van der Waals surface area contributed by atoms with E-state index in [1.165, 1.54) is 6.21 Å². The normalized spacial score (nSPS) is 11.1. The highest BCUT2D eigenvalue weighted by Gasteiger charge is 2.08. The number of aliphatic hydroxyl groups is 1. The van der Waals surface area contributed by atoms with Gasteiger partial charge in [-0.15, -0.1) is 0 Å². The molecule has 0 saturated carbocycles. The van der Waals surface area contributed by atoms with E-state index < -0.39 is 11.8 Å². The second kappa shape index (κ2) is 9.85. The van der Waals surface area contributed by atoms with Crippen LogP contribution in [0.2, 0.25) is 0 Å². The molecular formula is C20H17FN6O3. The van der Waals surface area contributed by atoms with E-state index in [2.05, 4.69) is 30.6 Å². The summed E-state index contributed by atoms with van der Waals surface area (Å²) in [6.07, 6.45) is 3.19. The van der Waals surface area contributed by atoms with Crippen LogP contribution in [0.4, 0.5) is 38.9 Å². The van der Waals surface area contributed by atoms with E-state index in [1.54, 1.807) is 48.5 Å². The van der Waals surface area contributed by atoms with Crippen molar-refractivity contribution in [2.45, 2.75) is 0 Å². The standard InChI is InChI=1S/C20H17FN6O3/c21-17-11-24-20(26-14-6-4-13(5-7-14)23-12-18(29)30)27-19(17)25-16-3-1-2-15(10-16)22-8-9-28/h1-8,10-12,28H,9H2,(H,29,30)(H2,24,25,26,27). The molecule has 0 aliphatic carbocycles. The summed E-state index contributed by atoms with van der Waals surface area (Å²) in [7, 11) is 0. The van der Waals surface area contributed by atoms with Crippen LogP contribution in [-0.4, -0.2) is 45.2 Å². The Morgan fingerprint density at radius 2 is 1.87 bits per heavy atom. The quantitative estimate of drug-likeness (QED) is 0.419. The second-order valence-corrected chi connectivity index (χ2v) is 5.83. The number of nitrogens with zero attached hydrogens (tertiary/aromatic N) is 4. The maximum absolute atomic E-state index is 14.2. The molecule has 1 heterocycles. The number of halogens is 1. The highest BCUT2D eigenvalue weighted by atomic mass is 19.1. The third kappa shape index (κ3) is 5.91. The topological polar surface area (TPSA) is 132 Å². The minimum Gasteiger partial charge on any atom is -0.477 e. The predicted octanol–water partition coefficient (Wildman–Crippen LogP) is 3.58. The van der Waals surface area contributed by atoms with Crippen LogP contribution in [0.15, 0.2) is 64.7 Å². The fourth-order valence-corrected chi connectivity index (χ4v) is 2.35. The number of benzene rings is 2. The Morgan fingerprint density at radius 3 is 2.60 bits per heavy atom. The van der Waals surface area contributed by atoms with Gasteiger partial charge in [-0.3, -0.25) is 4.99 Å². The van der Waals surface area contributed by atoms with Gasteiger partial charge in [-0.25, -0.2) is 19.2 Å². The van der Waals surface area contributed by atoms with Crippen molar-refractivity contribution in [2.75, 3.05) is 17.2 Å². The summed E-state index contributed by atoms with van der Waals surface area (Å²) >= 11 is 0. The molecule has 0 atom stereocenters. The maximum atomic E-state index is 14.2. The zero-order chi connectivity index (χ0) is 21.3. The molecule has 1 aromatic heterocycles. The number of hydrogen-bond acceptors (Lipinski definition) is 8. The number of carboxylic acid groups (broad SMARTS) is 1. The fourth-order valence-electron chi connectivity index (χ4n) is 2.35. The Hall–Kier alpha value is -4.18. The lowest BCUT2D eigenvalue weighted by Gasteiger charge is -2.10. The number of aliphatic imine (C=N–C) groups is 2. The summed E-state index contributed by atoms with van der Waals surface area (Å²) in [6, 6.07) is 13.4. The van der Waals surface area contributed by atoms with Gasteiger partial charge in [0.15, 0.2) is 11.6 Å². The van der Waals surface area contributed by atoms with Crippen molar-refractivity contribution in [3.63, 3.8) is 0 Å². The lowest BCUT2D eigenvalue weighted by molar-refractivity contribution is -0.128. The van der Waals surface area contributed by atoms with Crippen LogP contribution >= 0.6 is 0 Å². The van der Waals surface area contributed by atoms with Crippen LogP contribution in [0.1, 0.15) is 0 Å². The summed E-state index contributed by atoms with van der Waals surface area (Å²) in [6.45, 7) is -0.180. The zero-order valence-corrected chi connectivity index (χ0v) is 15.5. The van der Waals surface area contributed by atoms with Crippen LogP contribution in [0.25, 0.3) is 0 Å². The van der Waals surface area contributed by atoms with Gasteiger partial charge in [0, 0.05) is 17.6 Å². The Morgan fingerprint density at radius 1 is 1.07 bits per heavy atom. The molecule has 9 nitrogen and oxygen atoms in total. The van der Waals surface area contributed by atoms with Gasteiger partial charge in [0.05, 0.1) is 24.2 Å². The predicted molar refractivity (Wildman–Crippen MR) is 112 cm³/mol. The van der Waals surface area contributed by atoms with Crippen LogP contribution in [-0.2, 0) is 4.79 Å². The monoisotopic (exact) mass is 408 g/mol. The molecule has 0 saturated heterocycles. The molecule has 152 valence electrons. The van der Waals surface area contributed by atoms with Crippen LogP contribution in [0.5, 0.6) is 0 Å². The van der Waals surface area contributed by atoms with Crippen molar-refractivity contribution < 1.29 is 19.4 Å². The first-order valence-electron chi connectivity index (χ1n) is 8.70. The zero-order valence-electron chi connectivity index (χ0n) is 15.5. The minimum atomic E-state index is -1.14. The molecule has 3 aromatic rings. The van der Waals surface area contributed by atoms with Gasteiger partial charge in [0.25, 0.3) is 0 Å². The third-order valence-electron chi connectivity index (χ3n) is 3.62. The number of aromatic nitrogens is 2. The van der Waals surface area contributed by atoms with Crippen molar-refractivity contribution in [1.82, 2.24) is 9.97 Å². The van der Waals surface area contributed by atoms with Gasteiger partial charge in [0.2, 0.25) is 5.95 Å². The average Bonchev–Trinajstić information content (AvgIpc) is 2.74. The fraction of sp³-hybridized carbons (Fsp3) is 0.0500. The lowest BCUT2D eigenvalue weighted by Crippen LogP contribution is -2.03. The largest absolute Gasteiger partial charge is 0.477 e. The summed E-state index contributed by atoms with van der Waals surface area (Å²) in [4.78, 5) is 26.4. The molecule has 0 radical (unpaired) electrons. The van der Waals surface area contributed by atoms with E-state index in [-0.39, 0.29) is 18.4 Å². The average molecular weight is 408 g/mol. The minimum absolute atomic E-state index is 0.0292. The summed E-state index contributed by atoms with van der Waals surface area (Å²) in [5, 5.41) is 23.2. The first kappa shape index (κ1) is 20.6. The van der Waals surface area contributed by atoms with E-state index >= 15 is 0 Å². The molecule has 2 aromatic carbocycles. The summed E-state index contributed by atoms with van der Waals surface area (Å²) in [5.74, 6) is -1.64. The molecule has 0 aliphatic heterocycles. The third-order valence-corrected chi connectivity index (χ3v) is 3.62. The van der Waals surface area contributed by atoms with E-state index in [9.17, 15) is 9.18 Å². The second-order valence-electron chi connectivity index (χ2n) is 5.83. The molecule has 0 fully saturated rings. The molecule has 30 heavy (non-hydrogen) atoms. The van der Waals surface area contributed by atoms with E-state index in [0.29, 0.717) is 22.7 Å². The van der Waals surface area contributed by atoms with Crippen molar-refractivity contribution in [1.29, 1.82) is 0 Å². The molecule has 0 amide bonds. The van der Waals surface area contributed by atoms with E-state index in [0.717, 1.165) is 12.4 Å². The Kier molecular flexibility index (Phi) is 6.74. The lowest BCUT2D eigenvalue weighted by atomic mass is 10.3. The SMILES string of the molecule is O=C(O)C=Nc1ccc(Nc2ncc(F)c(Nc3cccc(N=CCO)c3)n2)cc1. The molecule has 10 heteroatoms. The number of carboxylic acids is 1. The van der Waals surface area contributed by atoms with Gasteiger partial charge < -0.3 is 20.8 Å². The Labute approximate surface area is 170 Å². The molecular weight excluding hydrogens is 391 g/mol. The molecule has 0 spiro atoms. The van der Waals surface area contributed by atoms with Gasteiger partial charge >= 0.3 is 5.97 Å². The highest BCUT2D eigenvalue weighted by molar-refractivity contribution is 6.22. The molecule has 3 rings (SSSR count). The first-order chi connectivity index (χ1) is 14.5. The van der Waals surface area contributed by atoms with Gasteiger partial charge in [-0.2, -0.15) is 4.98 Å². The van der Waals surface area contributed by atoms with Crippen LogP contribution < -0.4 is 10.6 Å². The molecule has 0 unspecified atom stereocenters. The number of hydrogen-bond donors (Lipinski definition) is 4. The number of anilines is 4. The number of nitrogens with one attached hydrogen (secondary N) is 2. The first-order valence-corrected chi connectivity index (χ1v) is 8.70.